The van der Waals surface area contributed by atoms with Crippen LogP contribution in [0.3, 0.4) is 0 Å². The summed E-state index contributed by atoms with van der Waals surface area (Å²) in [6.45, 7) is 2.41. The van der Waals surface area contributed by atoms with Crippen molar-refractivity contribution in [3.63, 3.8) is 0 Å². The van der Waals surface area contributed by atoms with Crippen molar-refractivity contribution >= 4 is 11.9 Å². The zero-order valence-electron chi connectivity index (χ0n) is 13.8. The number of carbonyl (C=O) groups is 2. The number of hydrogen-bond donors (Lipinski definition) is 1. The minimum absolute atomic E-state index is 0.00173. The number of ether oxygens (including phenoxy) is 2. The second-order valence-corrected chi connectivity index (χ2v) is 6.84. The Morgan fingerprint density at radius 2 is 1.82 bits per heavy atom. The van der Waals surface area contributed by atoms with Gasteiger partial charge in [-0.1, -0.05) is 19.8 Å². The van der Waals surface area contributed by atoms with Crippen LogP contribution in [0, 0.1) is 11.8 Å². The summed E-state index contributed by atoms with van der Waals surface area (Å²) in [4.78, 5) is 23.4. The SMILES string of the molecule is COC(=O)C1CCC(NC(=O)CO[C@@H]2CCC[C@@H](C)C2)CC1. The van der Waals surface area contributed by atoms with Crippen LogP contribution in [-0.4, -0.2) is 37.7 Å². The van der Waals surface area contributed by atoms with Gasteiger partial charge in [0.05, 0.1) is 19.1 Å². The number of amides is 1. The average Bonchev–Trinajstić information content (AvgIpc) is 2.53. The van der Waals surface area contributed by atoms with Gasteiger partial charge in [0.15, 0.2) is 0 Å². The summed E-state index contributed by atoms with van der Waals surface area (Å²) < 4.78 is 10.5. The van der Waals surface area contributed by atoms with Crippen molar-refractivity contribution in [1.82, 2.24) is 5.32 Å². The molecule has 2 aliphatic rings. The minimum Gasteiger partial charge on any atom is -0.469 e. The third-order valence-electron chi connectivity index (χ3n) is 4.97. The first-order valence-electron chi connectivity index (χ1n) is 8.57. The largest absolute Gasteiger partial charge is 0.469 e. The average molecular weight is 311 g/mol. The maximum Gasteiger partial charge on any atom is 0.308 e. The van der Waals surface area contributed by atoms with Gasteiger partial charge in [-0.05, 0) is 44.4 Å². The maximum absolute atomic E-state index is 12.0. The number of methoxy groups -OCH3 is 1. The summed E-state index contributed by atoms with van der Waals surface area (Å²) in [6.07, 6.45) is 8.11. The molecule has 2 fully saturated rings. The van der Waals surface area contributed by atoms with E-state index in [9.17, 15) is 9.59 Å². The van der Waals surface area contributed by atoms with Crippen molar-refractivity contribution in [2.24, 2.45) is 11.8 Å². The molecule has 1 amide bonds. The van der Waals surface area contributed by atoms with Crippen molar-refractivity contribution in [2.45, 2.75) is 70.4 Å². The lowest BCUT2D eigenvalue weighted by molar-refractivity contribution is -0.146. The molecule has 5 heteroatoms. The highest BCUT2D eigenvalue weighted by molar-refractivity contribution is 5.77. The summed E-state index contributed by atoms with van der Waals surface area (Å²) in [7, 11) is 1.43. The summed E-state index contributed by atoms with van der Waals surface area (Å²) in [5, 5.41) is 3.03. The molecule has 0 radical (unpaired) electrons. The second kappa shape index (κ2) is 8.51. The Hall–Kier alpha value is -1.10. The lowest BCUT2D eigenvalue weighted by Gasteiger charge is -2.29. The van der Waals surface area contributed by atoms with E-state index in [2.05, 4.69) is 12.2 Å². The minimum atomic E-state index is -0.125. The Morgan fingerprint density at radius 3 is 2.45 bits per heavy atom. The van der Waals surface area contributed by atoms with Crippen molar-refractivity contribution in [2.75, 3.05) is 13.7 Å². The molecular weight excluding hydrogens is 282 g/mol. The molecule has 0 saturated heterocycles. The number of esters is 1. The van der Waals surface area contributed by atoms with Crippen LogP contribution in [0.5, 0.6) is 0 Å². The van der Waals surface area contributed by atoms with Gasteiger partial charge in [-0.2, -0.15) is 0 Å². The molecule has 126 valence electrons. The smallest absolute Gasteiger partial charge is 0.308 e. The van der Waals surface area contributed by atoms with E-state index in [0.717, 1.165) is 38.5 Å². The van der Waals surface area contributed by atoms with Crippen molar-refractivity contribution in [3.8, 4) is 0 Å². The first kappa shape index (κ1) is 17.3. The van der Waals surface area contributed by atoms with E-state index in [0.29, 0.717) is 5.92 Å². The predicted molar refractivity (Wildman–Crippen MR) is 83.3 cm³/mol. The molecule has 0 aromatic carbocycles. The molecule has 2 saturated carbocycles. The predicted octanol–water partition coefficient (Wildman–Crippen LogP) is 2.43. The van der Waals surface area contributed by atoms with E-state index in [1.54, 1.807) is 0 Å². The van der Waals surface area contributed by atoms with Gasteiger partial charge in [0.2, 0.25) is 5.91 Å². The second-order valence-electron chi connectivity index (χ2n) is 6.84. The van der Waals surface area contributed by atoms with Gasteiger partial charge in [0, 0.05) is 6.04 Å². The summed E-state index contributed by atoms with van der Waals surface area (Å²) in [5.41, 5.74) is 0. The van der Waals surface area contributed by atoms with Crippen LogP contribution in [0.1, 0.15) is 58.3 Å². The van der Waals surface area contributed by atoms with Crippen LogP contribution in [-0.2, 0) is 19.1 Å². The molecule has 0 aliphatic heterocycles. The Bertz CT molecular complexity index is 377. The maximum atomic E-state index is 12.0. The van der Waals surface area contributed by atoms with Gasteiger partial charge < -0.3 is 14.8 Å². The Morgan fingerprint density at radius 1 is 1.09 bits per heavy atom. The zero-order valence-corrected chi connectivity index (χ0v) is 13.8. The highest BCUT2D eigenvalue weighted by Gasteiger charge is 2.28. The van der Waals surface area contributed by atoms with Crippen LogP contribution >= 0.6 is 0 Å². The van der Waals surface area contributed by atoms with Gasteiger partial charge >= 0.3 is 5.97 Å². The van der Waals surface area contributed by atoms with Gasteiger partial charge in [-0.25, -0.2) is 0 Å². The lowest BCUT2D eigenvalue weighted by atomic mass is 9.86. The molecule has 0 heterocycles. The van der Waals surface area contributed by atoms with Crippen LogP contribution in [0.25, 0.3) is 0 Å². The fourth-order valence-electron chi connectivity index (χ4n) is 3.63. The molecular formula is C17H29NO4. The first-order valence-corrected chi connectivity index (χ1v) is 8.57. The zero-order chi connectivity index (χ0) is 15.9. The summed E-state index contributed by atoms with van der Waals surface area (Å²) in [5.74, 6) is 0.549. The molecule has 1 N–H and O–H groups in total. The molecule has 22 heavy (non-hydrogen) atoms. The van der Waals surface area contributed by atoms with Crippen LogP contribution in [0.4, 0.5) is 0 Å². The number of rotatable bonds is 5. The fraction of sp³-hybridized carbons (Fsp3) is 0.882. The molecule has 0 aromatic heterocycles. The van der Waals surface area contributed by atoms with Gasteiger partial charge in [-0.3, -0.25) is 9.59 Å². The van der Waals surface area contributed by atoms with E-state index >= 15 is 0 Å². The standard InChI is InChI=1S/C17H29NO4/c1-12-4-3-5-15(10-12)22-11-16(19)18-14-8-6-13(7-9-14)17(20)21-2/h12-15H,3-11H2,1-2H3,(H,18,19)/t12-,13?,14?,15-/m1/s1. The molecule has 5 nitrogen and oxygen atoms in total. The first-order chi connectivity index (χ1) is 10.6. The normalized spacial score (nSPS) is 32.3. The van der Waals surface area contributed by atoms with Crippen LogP contribution in [0.15, 0.2) is 0 Å². The Balaban J connectivity index is 1.62. The fourth-order valence-corrected chi connectivity index (χ4v) is 3.63. The quantitative estimate of drug-likeness (QED) is 0.792. The van der Waals surface area contributed by atoms with Crippen molar-refractivity contribution in [3.05, 3.63) is 0 Å². The highest BCUT2D eigenvalue weighted by Crippen LogP contribution is 2.26. The Labute approximate surface area is 133 Å². The van der Waals surface area contributed by atoms with Crippen LogP contribution in [0.2, 0.25) is 0 Å². The van der Waals surface area contributed by atoms with E-state index in [4.69, 9.17) is 9.47 Å². The van der Waals surface area contributed by atoms with E-state index < -0.39 is 0 Å². The van der Waals surface area contributed by atoms with Crippen molar-refractivity contribution < 1.29 is 19.1 Å². The number of carbonyl (C=O) groups excluding carboxylic acids is 2. The molecule has 2 aliphatic carbocycles. The van der Waals surface area contributed by atoms with E-state index in [1.165, 1.54) is 20.0 Å². The van der Waals surface area contributed by atoms with Crippen molar-refractivity contribution in [1.29, 1.82) is 0 Å². The molecule has 0 aromatic rings. The van der Waals surface area contributed by atoms with E-state index in [1.807, 2.05) is 0 Å². The summed E-state index contributed by atoms with van der Waals surface area (Å²) in [6, 6.07) is 0.169. The topological polar surface area (TPSA) is 64.6 Å². The lowest BCUT2D eigenvalue weighted by Crippen LogP contribution is -2.41. The molecule has 0 unspecified atom stereocenters. The van der Waals surface area contributed by atoms with Crippen LogP contribution < -0.4 is 5.32 Å². The molecule has 0 bridgehead atoms. The third kappa shape index (κ3) is 5.27. The highest BCUT2D eigenvalue weighted by atomic mass is 16.5. The summed E-state index contributed by atoms with van der Waals surface area (Å²) >= 11 is 0. The van der Waals surface area contributed by atoms with Gasteiger partial charge in [0.1, 0.15) is 6.61 Å². The number of nitrogens with one attached hydrogen (secondary N) is 1. The number of hydrogen-bond acceptors (Lipinski definition) is 4. The molecule has 2 atom stereocenters. The third-order valence-corrected chi connectivity index (χ3v) is 4.97. The molecule has 0 spiro atoms. The Kier molecular flexibility index (Phi) is 6.68. The monoisotopic (exact) mass is 311 g/mol. The van der Waals surface area contributed by atoms with Gasteiger partial charge in [0.25, 0.3) is 0 Å². The van der Waals surface area contributed by atoms with Gasteiger partial charge in [-0.15, -0.1) is 0 Å². The van der Waals surface area contributed by atoms with E-state index in [-0.39, 0.29) is 36.5 Å². The molecule has 2 rings (SSSR count).